The summed E-state index contributed by atoms with van der Waals surface area (Å²) in [5.74, 6) is 0.153. The van der Waals surface area contributed by atoms with Crippen LogP contribution in [-0.2, 0) is 14.3 Å². The summed E-state index contributed by atoms with van der Waals surface area (Å²) in [4.78, 5) is 23.4. The lowest BCUT2D eigenvalue weighted by atomic mass is 10.0. The summed E-state index contributed by atoms with van der Waals surface area (Å²) in [5.41, 5.74) is 0.822. The SMILES string of the molecule is CC(=O)[C@H](NC(=O)CC1COC1)c1ccccc1. The van der Waals surface area contributed by atoms with E-state index in [1.807, 2.05) is 30.3 Å². The van der Waals surface area contributed by atoms with E-state index in [0.29, 0.717) is 25.6 Å². The molecule has 1 aliphatic heterocycles. The van der Waals surface area contributed by atoms with Crippen LogP contribution in [0.15, 0.2) is 30.3 Å². The molecular weight excluding hydrogens is 230 g/mol. The lowest BCUT2D eigenvalue weighted by Crippen LogP contribution is -2.37. The number of benzene rings is 1. The quantitative estimate of drug-likeness (QED) is 0.857. The molecule has 1 aliphatic rings. The predicted octanol–water partition coefficient (Wildman–Crippen LogP) is 1.47. The third kappa shape index (κ3) is 3.17. The van der Waals surface area contributed by atoms with Gasteiger partial charge in [-0.15, -0.1) is 0 Å². The molecule has 0 saturated carbocycles. The fourth-order valence-corrected chi connectivity index (χ4v) is 1.95. The van der Waals surface area contributed by atoms with Gasteiger partial charge in [0.15, 0.2) is 5.78 Å². The van der Waals surface area contributed by atoms with Gasteiger partial charge in [0.25, 0.3) is 0 Å². The molecule has 18 heavy (non-hydrogen) atoms. The molecule has 0 aliphatic carbocycles. The number of carbonyl (C=O) groups is 2. The summed E-state index contributed by atoms with van der Waals surface area (Å²) < 4.78 is 5.03. The number of rotatable bonds is 5. The average molecular weight is 247 g/mol. The molecule has 4 nitrogen and oxygen atoms in total. The molecule has 1 aromatic carbocycles. The number of nitrogens with one attached hydrogen (secondary N) is 1. The van der Waals surface area contributed by atoms with Crippen LogP contribution in [0.4, 0.5) is 0 Å². The maximum atomic E-state index is 11.8. The Bertz CT molecular complexity index is 426. The van der Waals surface area contributed by atoms with Gasteiger partial charge in [-0.3, -0.25) is 9.59 Å². The second-order valence-electron chi connectivity index (χ2n) is 4.63. The van der Waals surface area contributed by atoms with Crippen molar-refractivity contribution in [1.82, 2.24) is 5.32 Å². The highest BCUT2D eigenvalue weighted by Crippen LogP contribution is 2.17. The van der Waals surface area contributed by atoms with Gasteiger partial charge in [0, 0.05) is 12.3 Å². The van der Waals surface area contributed by atoms with Crippen LogP contribution in [0, 0.1) is 5.92 Å². The third-order valence-corrected chi connectivity index (χ3v) is 3.03. The third-order valence-electron chi connectivity index (χ3n) is 3.03. The topological polar surface area (TPSA) is 55.4 Å². The summed E-state index contributed by atoms with van der Waals surface area (Å²) in [7, 11) is 0. The standard InChI is InChI=1S/C14H17NO3/c1-10(16)14(12-5-3-2-4-6-12)15-13(17)7-11-8-18-9-11/h2-6,11,14H,7-9H2,1H3,(H,15,17)/t14-/m0/s1. The minimum absolute atomic E-state index is 0.0561. The highest BCUT2D eigenvalue weighted by Gasteiger charge is 2.24. The Morgan fingerprint density at radius 1 is 1.33 bits per heavy atom. The van der Waals surface area contributed by atoms with Crippen molar-refractivity contribution in [1.29, 1.82) is 0 Å². The van der Waals surface area contributed by atoms with Crippen LogP contribution >= 0.6 is 0 Å². The van der Waals surface area contributed by atoms with E-state index in [1.165, 1.54) is 6.92 Å². The number of Topliss-reactive ketones (excluding diaryl/α,β-unsaturated/α-hetero) is 1. The lowest BCUT2D eigenvalue weighted by molar-refractivity contribution is -0.130. The Hall–Kier alpha value is -1.68. The van der Waals surface area contributed by atoms with E-state index < -0.39 is 6.04 Å². The van der Waals surface area contributed by atoms with E-state index in [0.717, 1.165) is 5.56 Å². The van der Waals surface area contributed by atoms with Crippen LogP contribution in [0.5, 0.6) is 0 Å². The average Bonchev–Trinajstić information content (AvgIpc) is 2.31. The number of amides is 1. The Labute approximate surface area is 106 Å². The minimum Gasteiger partial charge on any atom is -0.381 e. The van der Waals surface area contributed by atoms with Crippen molar-refractivity contribution in [2.75, 3.05) is 13.2 Å². The Morgan fingerprint density at radius 2 is 2.00 bits per heavy atom. The first-order valence-electron chi connectivity index (χ1n) is 6.09. The molecule has 1 atom stereocenters. The van der Waals surface area contributed by atoms with Crippen LogP contribution in [0.1, 0.15) is 24.9 Å². The van der Waals surface area contributed by atoms with Crippen molar-refractivity contribution in [3.05, 3.63) is 35.9 Å². The van der Waals surface area contributed by atoms with Gasteiger partial charge in [-0.1, -0.05) is 30.3 Å². The number of ketones is 1. The van der Waals surface area contributed by atoms with Crippen LogP contribution in [-0.4, -0.2) is 24.9 Å². The van der Waals surface area contributed by atoms with Gasteiger partial charge >= 0.3 is 0 Å². The van der Waals surface area contributed by atoms with Gasteiger partial charge in [0.1, 0.15) is 6.04 Å². The number of ether oxygens (including phenoxy) is 1. The maximum Gasteiger partial charge on any atom is 0.221 e. The van der Waals surface area contributed by atoms with E-state index in [2.05, 4.69) is 5.32 Å². The van der Waals surface area contributed by atoms with E-state index in [1.54, 1.807) is 0 Å². The van der Waals surface area contributed by atoms with Crippen molar-refractivity contribution >= 4 is 11.7 Å². The molecule has 1 fully saturated rings. The van der Waals surface area contributed by atoms with Crippen molar-refractivity contribution in [3.8, 4) is 0 Å². The molecule has 0 aromatic heterocycles. The summed E-state index contributed by atoms with van der Waals surface area (Å²) >= 11 is 0. The molecule has 96 valence electrons. The second-order valence-corrected chi connectivity index (χ2v) is 4.63. The zero-order chi connectivity index (χ0) is 13.0. The van der Waals surface area contributed by atoms with Gasteiger partial charge in [-0.2, -0.15) is 0 Å². The van der Waals surface area contributed by atoms with Crippen molar-refractivity contribution in [3.63, 3.8) is 0 Å². The molecular formula is C14H17NO3. The first kappa shape index (κ1) is 12.8. The molecule has 4 heteroatoms. The summed E-state index contributed by atoms with van der Waals surface area (Å²) in [6.07, 6.45) is 0.427. The first-order chi connectivity index (χ1) is 8.66. The predicted molar refractivity (Wildman–Crippen MR) is 66.9 cm³/mol. The summed E-state index contributed by atoms with van der Waals surface area (Å²) in [6, 6.07) is 8.75. The first-order valence-corrected chi connectivity index (χ1v) is 6.09. The van der Waals surface area contributed by atoms with Crippen molar-refractivity contribution in [2.45, 2.75) is 19.4 Å². The molecule has 0 bridgehead atoms. The lowest BCUT2D eigenvalue weighted by Gasteiger charge is -2.26. The van der Waals surface area contributed by atoms with E-state index >= 15 is 0 Å². The molecule has 1 N–H and O–H groups in total. The molecule has 0 spiro atoms. The Balaban J connectivity index is 1.98. The number of hydrogen-bond acceptors (Lipinski definition) is 3. The highest BCUT2D eigenvalue weighted by molar-refractivity contribution is 5.88. The smallest absolute Gasteiger partial charge is 0.221 e. The van der Waals surface area contributed by atoms with Gasteiger partial charge in [0.2, 0.25) is 5.91 Å². The monoisotopic (exact) mass is 247 g/mol. The maximum absolute atomic E-state index is 11.8. The van der Waals surface area contributed by atoms with Gasteiger partial charge in [-0.05, 0) is 12.5 Å². The van der Waals surface area contributed by atoms with Crippen LogP contribution in [0.25, 0.3) is 0 Å². The second kappa shape index (κ2) is 5.78. The molecule has 0 radical (unpaired) electrons. The molecule has 0 unspecified atom stereocenters. The van der Waals surface area contributed by atoms with Crippen molar-refractivity contribution in [2.24, 2.45) is 5.92 Å². The van der Waals surface area contributed by atoms with Gasteiger partial charge in [-0.25, -0.2) is 0 Å². The van der Waals surface area contributed by atoms with Crippen LogP contribution < -0.4 is 5.32 Å². The minimum atomic E-state index is -0.542. The largest absolute Gasteiger partial charge is 0.381 e. The Kier molecular flexibility index (Phi) is 4.10. The molecule has 1 aromatic rings. The number of carbonyl (C=O) groups excluding carboxylic acids is 2. The fraction of sp³-hybridized carbons (Fsp3) is 0.429. The fourth-order valence-electron chi connectivity index (χ4n) is 1.95. The summed E-state index contributed by atoms with van der Waals surface area (Å²) in [5, 5.41) is 2.79. The molecule has 2 rings (SSSR count). The zero-order valence-electron chi connectivity index (χ0n) is 10.4. The Morgan fingerprint density at radius 3 is 2.50 bits per heavy atom. The number of hydrogen-bond donors (Lipinski definition) is 1. The van der Waals surface area contributed by atoms with E-state index in [9.17, 15) is 9.59 Å². The zero-order valence-corrected chi connectivity index (χ0v) is 10.4. The van der Waals surface area contributed by atoms with Crippen LogP contribution in [0.2, 0.25) is 0 Å². The van der Waals surface area contributed by atoms with E-state index in [-0.39, 0.29) is 11.7 Å². The van der Waals surface area contributed by atoms with Crippen LogP contribution in [0.3, 0.4) is 0 Å². The normalized spacial score (nSPS) is 16.7. The highest BCUT2D eigenvalue weighted by atomic mass is 16.5. The molecule has 1 amide bonds. The van der Waals surface area contributed by atoms with E-state index in [4.69, 9.17) is 4.74 Å². The van der Waals surface area contributed by atoms with Gasteiger partial charge in [0.05, 0.1) is 13.2 Å². The molecule has 1 heterocycles. The van der Waals surface area contributed by atoms with Crippen molar-refractivity contribution < 1.29 is 14.3 Å². The molecule has 1 saturated heterocycles. The van der Waals surface area contributed by atoms with Gasteiger partial charge < -0.3 is 10.1 Å². The summed E-state index contributed by atoms with van der Waals surface area (Å²) in [6.45, 7) is 2.78.